The van der Waals surface area contributed by atoms with Gasteiger partial charge in [0.25, 0.3) is 0 Å². The van der Waals surface area contributed by atoms with Crippen molar-refractivity contribution in [2.24, 2.45) is 18.7 Å². The summed E-state index contributed by atoms with van der Waals surface area (Å²) < 4.78 is 1.85. The molecule has 1 aromatic rings. The van der Waals surface area contributed by atoms with Gasteiger partial charge in [-0.25, -0.2) is 0 Å². The Bertz CT molecular complexity index is 334. The summed E-state index contributed by atoms with van der Waals surface area (Å²) in [5, 5.41) is 4.23. The third kappa shape index (κ3) is 2.28. The lowest BCUT2D eigenvalue weighted by molar-refractivity contribution is 0.241. The van der Waals surface area contributed by atoms with Crippen molar-refractivity contribution in [1.29, 1.82) is 0 Å². The van der Waals surface area contributed by atoms with E-state index < -0.39 is 0 Å². The standard InChI is InChI=1S/C12H22N4/c1-3-10-4-5-16(8-10)12(6-13)11-7-14-15(2)9-11/h7,9-10,12H,3-6,8,13H2,1-2H3. The molecular formula is C12H22N4. The van der Waals surface area contributed by atoms with Gasteiger partial charge in [0, 0.05) is 31.9 Å². The summed E-state index contributed by atoms with van der Waals surface area (Å²) in [7, 11) is 1.95. The molecule has 1 saturated heterocycles. The van der Waals surface area contributed by atoms with E-state index in [1.54, 1.807) is 0 Å². The average Bonchev–Trinajstić information content (AvgIpc) is 2.89. The predicted molar refractivity (Wildman–Crippen MR) is 65.0 cm³/mol. The molecule has 2 unspecified atom stereocenters. The molecule has 0 saturated carbocycles. The van der Waals surface area contributed by atoms with Gasteiger partial charge in [0.15, 0.2) is 0 Å². The molecule has 1 aromatic heterocycles. The Balaban J connectivity index is 2.06. The van der Waals surface area contributed by atoms with Crippen LogP contribution in [-0.4, -0.2) is 34.3 Å². The second-order valence-electron chi connectivity index (χ2n) is 4.76. The van der Waals surface area contributed by atoms with Crippen molar-refractivity contribution < 1.29 is 0 Å². The molecule has 4 heteroatoms. The fraction of sp³-hybridized carbons (Fsp3) is 0.750. The molecule has 90 valence electrons. The van der Waals surface area contributed by atoms with E-state index in [9.17, 15) is 0 Å². The van der Waals surface area contributed by atoms with Gasteiger partial charge in [-0.1, -0.05) is 13.3 Å². The molecule has 0 radical (unpaired) electrons. The lowest BCUT2D eigenvalue weighted by Crippen LogP contribution is -2.31. The van der Waals surface area contributed by atoms with E-state index >= 15 is 0 Å². The zero-order valence-electron chi connectivity index (χ0n) is 10.3. The number of aromatic nitrogens is 2. The molecule has 0 bridgehead atoms. The maximum atomic E-state index is 5.90. The van der Waals surface area contributed by atoms with E-state index in [0.29, 0.717) is 12.6 Å². The Labute approximate surface area is 97.4 Å². The summed E-state index contributed by atoms with van der Waals surface area (Å²) in [5.41, 5.74) is 7.15. The Morgan fingerprint density at radius 2 is 2.44 bits per heavy atom. The number of nitrogens with two attached hydrogens (primary N) is 1. The van der Waals surface area contributed by atoms with Gasteiger partial charge in [-0.05, 0) is 18.9 Å². The first-order valence-electron chi connectivity index (χ1n) is 6.17. The maximum absolute atomic E-state index is 5.90. The molecule has 1 fully saturated rings. The van der Waals surface area contributed by atoms with Gasteiger partial charge >= 0.3 is 0 Å². The van der Waals surface area contributed by atoms with Crippen molar-refractivity contribution in [3.63, 3.8) is 0 Å². The zero-order chi connectivity index (χ0) is 11.5. The van der Waals surface area contributed by atoms with Gasteiger partial charge < -0.3 is 5.73 Å². The largest absolute Gasteiger partial charge is 0.329 e. The lowest BCUT2D eigenvalue weighted by atomic mass is 10.1. The van der Waals surface area contributed by atoms with E-state index in [1.807, 2.05) is 17.9 Å². The van der Waals surface area contributed by atoms with Gasteiger partial charge in [-0.3, -0.25) is 9.58 Å². The summed E-state index contributed by atoms with van der Waals surface area (Å²) in [6.45, 7) is 5.32. The van der Waals surface area contributed by atoms with Crippen LogP contribution in [0.1, 0.15) is 31.4 Å². The molecule has 0 aliphatic carbocycles. The number of hydrogen-bond donors (Lipinski definition) is 1. The third-order valence-electron chi connectivity index (χ3n) is 3.67. The first-order chi connectivity index (χ1) is 7.74. The smallest absolute Gasteiger partial charge is 0.0538 e. The van der Waals surface area contributed by atoms with Crippen molar-refractivity contribution in [3.05, 3.63) is 18.0 Å². The Morgan fingerprint density at radius 1 is 1.62 bits per heavy atom. The number of hydrogen-bond acceptors (Lipinski definition) is 3. The quantitative estimate of drug-likeness (QED) is 0.831. The SMILES string of the molecule is CCC1CCN(C(CN)c2cnn(C)c2)C1. The van der Waals surface area contributed by atoms with Crippen LogP contribution in [0.15, 0.2) is 12.4 Å². The van der Waals surface area contributed by atoms with E-state index in [-0.39, 0.29) is 0 Å². The van der Waals surface area contributed by atoms with Crippen LogP contribution >= 0.6 is 0 Å². The van der Waals surface area contributed by atoms with E-state index in [1.165, 1.54) is 31.5 Å². The number of rotatable bonds is 4. The predicted octanol–water partition coefficient (Wildman–Crippen LogP) is 1.15. The second kappa shape index (κ2) is 4.97. The molecule has 0 aromatic carbocycles. The minimum Gasteiger partial charge on any atom is -0.329 e. The number of likely N-dealkylation sites (tertiary alicyclic amines) is 1. The van der Waals surface area contributed by atoms with Gasteiger partial charge in [0.1, 0.15) is 0 Å². The van der Waals surface area contributed by atoms with Gasteiger partial charge in [0.05, 0.1) is 12.2 Å². The average molecular weight is 222 g/mol. The van der Waals surface area contributed by atoms with Crippen molar-refractivity contribution in [3.8, 4) is 0 Å². The van der Waals surface area contributed by atoms with Crippen molar-refractivity contribution in [1.82, 2.24) is 14.7 Å². The van der Waals surface area contributed by atoms with Gasteiger partial charge in [-0.2, -0.15) is 5.10 Å². The third-order valence-corrected chi connectivity index (χ3v) is 3.67. The molecule has 2 N–H and O–H groups in total. The molecule has 2 atom stereocenters. The highest BCUT2D eigenvalue weighted by Crippen LogP contribution is 2.27. The first kappa shape index (κ1) is 11.6. The Hall–Kier alpha value is -0.870. The highest BCUT2D eigenvalue weighted by atomic mass is 15.3. The molecular weight excluding hydrogens is 200 g/mol. The monoisotopic (exact) mass is 222 g/mol. The van der Waals surface area contributed by atoms with Crippen LogP contribution in [0, 0.1) is 5.92 Å². The molecule has 2 heterocycles. The summed E-state index contributed by atoms with van der Waals surface area (Å²) in [6, 6.07) is 0.352. The van der Waals surface area contributed by atoms with Crippen molar-refractivity contribution in [2.75, 3.05) is 19.6 Å². The molecule has 4 nitrogen and oxygen atoms in total. The van der Waals surface area contributed by atoms with Crippen LogP contribution < -0.4 is 5.73 Å². The topological polar surface area (TPSA) is 47.1 Å². The van der Waals surface area contributed by atoms with Gasteiger partial charge in [-0.15, -0.1) is 0 Å². The Morgan fingerprint density at radius 3 is 2.94 bits per heavy atom. The normalized spacial score (nSPS) is 23.8. The molecule has 1 aliphatic rings. The summed E-state index contributed by atoms with van der Waals surface area (Å²) in [4.78, 5) is 2.51. The van der Waals surface area contributed by atoms with Crippen LogP contribution in [0.3, 0.4) is 0 Å². The summed E-state index contributed by atoms with van der Waals surface area (Å²) >= 11 is 0. The molecule has 2 rings (SSSR count). The Kier molecular flexibility index (Phi) is 3.61. The van der Waals surface area contributed by atoms with E-state index in [0.717, 1.165) is 5.92 Å². The highest BCUT2D eigenvalue weighted by Gasteiger charge is 2.27. The number of nitrogens with zero attached hydrogens (tertiary/aromatic N) is 3. The minimum atomic E-state index is 0.352. The van der Waals surface area contributed by atoms with Crippen LogP contribution in [0.4, 0.5) is 0 Å². The number of aryl methyl sites for hydroxylation is 1. The second-order valence-corrected chi connectivity index (χ2v) is 4.76. The molecule has 1 aliphatic heterocycles. The minimum absolute atomic E-state index is 0.352. The summed E-state index contributed by atoms with van der Waals surface area (Å²) in [5.74, 6) is 0.853. The lowest BCUT2D eigenvalue weighted by Gasteiger charge is -2.25. The first-order valence-corrected chi connectivity index (χ1v) is 6.17. The maximum Gasteiger partial charge on any atom is 0.0538 e. The van der Waals surface area contributed by atoms with E-state index in [4.69, 9.17) is 5.73 Å². The van der Waals surface area contributed by atoms with Gasteiger partial charge in [0.2, 0.25) is 0 Å². The molecule has 0 amide bonds. The fourth-order valence-corrected chi connectivity index (χ4v) is 2.59. The van der Waals surface area contributed by atoms with Crippen LogP contribution in [-0.2, 0) is 7.05 Å². The van der Waals surface area contributed by atoms with Crippen molar-refractivity contribution in [2.45, 2.75) is 25.8 Å². The molecule has 0 spiro atoms. The van der Waals surface area contributed by atoms with E-state index in [2.05, 4.69) is 23.1 Å². The zero-order valence-corrected chi connectivity index (χ0v) is 10.3. The highest BCUT2D eigenvalue weighted by molar-refractivity contribution is 5.11. The fourth-order valence-electron chi connectivity index (χ4n) is 2.59. The molecule has 16 heavy (non-hydrogen) atoms. The van der Waals surface area contributed by atoms with Crippen molar-refractivity contribution >= 4 is 0 Å². The summed E-state index contributed by atoms with van der Waals surface area (Å²) in [6.07, 6.45) is 6.61. The van der Waals surface area contributed by atoms with Crippen LogP contribution in [0.5, 0.6) is 0 Å². The van der Waals surface area contributed by atoms with Crippen LogP contribution in [0.25, 0.3) is 0 Å². The van der Waals surface area contributed by atoms with Crippen LogP contribution in [0.2, 0.25) is 0 Å².